The van der Waals surface area contributed by atoms with E-state index in [2.05, 4.69) is 39.3 Å². The Labute approximate surface area is 163 Å². The summed E-state index contributed by atoms with van der Waals surface area (Å²) in [7, 11) is 3.66. The van der Waals surface area contributed by atoms with Gasteiger partial charge >= 0.3 is 6.61 Å². The fourth-order valence-corrected chi connectivity index (χ4v) is 3.38. The maximum Gasteiger partial charge on any atom is 0.387 e. The molecule has 148 valence electrons. The van der Waals surface area contributed by atoms with Crippen LogP contribution in [0.1, 0.15) is 36.0 Å². The number of rotatable bonds is 8. The third kappa shape index (κ3) is 6.78. The van der Waals surface area contributed by atoms with Crippen LogP contribution < -0.4 is 10.1 Å². The van der Waals surface area contributed by atoms with Crippen molar-refractivity contribution in [2.24, 2.45) is 4.99 Å². The first-order valence-electron chi connectivity index (χ1n) is 8.79. The maximum absolute atomic E-state index is 12.2. The van der Waals surface area contributed by atoms with Crippen LogP contribution in [-0.4, -0.2) is 43.1 Å². The summed E-state index contributed by atoms with van der Waals surface area (Å²) in [5.74, 6) is 1.37. The molecule has 0 aliphatic rings. The molecule has 0 aliphatic carbocycles. The number of hydrogen-bond donors (Lipinski definition) is 1. The Morgan fingerprint density at radius 3 is 2.56 bits per heavy atom. The Hall–Kier alpha value is -2.22. The summed E-state index contributed by atoms with van der Waals surface area (Å²) in [6, 6.07) is 6.62. The van der Waals surface area contributed by atoms with E-state index in [1.165, 1.54) is 0 Å². The quantitative estimate of drug-likeness (QED) is 0.539. The largest absolute Gasteiger partial charge is 0.435 e. The molecule has 0 atom stereocenters. The number of benzene rings is 1. The van der Waals surface area contributed by atoms with Gasteiger partial charge in [0.2, 0.25) is 0 Å². The highest BCUT2D eigenvalue weighted by atomic mass is 32.1. The average Bonchev–Trinajstić information content (AvgIpc) is 3.09. The zero-order valence-corrected chi connectivity index (χ0v) is 16.9. The van der Waals surface area contributed by atoms with Crippen molar-refractivity contribution in [2.45, 2.75) is 39.3 Å². The summed E-state index contributed by atoms with van der Waals surface area (Å²) < 4.78 is 28.8. The highest BCUT2D eigenvalue weighted by Gasteiger charge is 2.09. The molecule has 0 amide bonds. The second kappa shape index (κ2) is 10.2. The van der Waals surface area contributed by atoms with Crippen molar-refractivity contribution in [3.05, 3.63) is 45.9 Å². The molecule has 27 heavy (non-hydrogen) atoms. The third-order valence-corrected chi connectivity index (χ3v) is 5.06. The minimum absolute atomic E-state index is 0.155. The van der Waals surface area contributed by atoms with Crippen molar-refractivity contribution in [3.8, 4) is 5.75 Å². The van der Waals surface area contributed by atoms with Crippen LogP contribution in [0, 0.1) is 0 Å². The lowest BCUT2D eigenvalue weighted by Gasteiger charge is -2.22. The lowest BCUT2D eigenvalue weighted by Crippen LogP contribution is -2.39. The Balaban J connectivity index is 1.83. The number of guanidine groups is 1. The average molecular weight is 397 g/mol. The van der Waals surface area contributed by atoms with E-state index in [0.717, 1.165) is 35.2 Å². The third-order valence-electron chi connectivity index (χ3n) is 3.87. The number of ether oxygens (including phenoxy) is 1. The first-order chi connectivity index (χ1) is 12.9. The molecule has 2 aromatic rings. The molecule has 1 aromatic carbocycles. The highest BCUT2D eigenvalue weighted by Crippen LogP contribution is 2.19. The summed E-state index contributed by atoms with van der Waals surface area (Å²) in [5.41, 5.74) is 2.06. The second-order valence-corrected chi connectivity index (χ2v) is 7.32. The van der Waals surface area contributed by atoms with Gasteiger partial charge in [0.05, 0.1) is 10.7 Å². The molecular formula is C19H26F2N4OS. The number of halogens is 2. The van der Waals surface area contributed by atoms with Crippen molar-refractivity contribution in [3.63, 3.8) is 0 Å². The first-order valence-corrected chi connectivity index (χ1v) is 9.66. The van der Waals surface area contributed by atoms with Gasteiger partial charge in [-0.1, -0.05) is 26.0 Å². The molecule has 8 heteroatoms. The molecule has 0 spiro atoms. The van der Waals surface area contributed by atoms with Crippen LogP contribution in [0.4, 0.5) is 8.78 Å². The summed E-state index contributed by atoms with van der Waals surface area (Å²) in [6.07, 6.45) is 0.829. The number of hydrogen-bond acceptors (Lipinski definition) is 4. The molecule has 5 nitrogen and oxygen atoms in total. The van der Waals surface area contributed by atoms with Crippen LogP contribution in [0.15, 0.2) is 34.6 Å². The van der Waals surface area contributed by atoms with E-state index in [-0.39, 0.29) is 5.75 Å². The first kappa shape index (κ1) is 21.1. The summed E-state index contributed by atoms with van der Waals surface area (Å²) in [6.45, 7) is 2.81. The normalized spacial score (nSPS) is 11.9. The minimum Gasteiger partial charge on any atom is -0.435 e. The van der Waals surface area contributed by atoms with Crippen LogP contribution in [-0.2, 0) is 13.0 Å². The highest BCUT2D eigenvalue weighted by molar-refractivity contribution is 7.09. The van der Waals surface area contributed by atoms with Gasteiger partial charge in [-0.05, 0) is 17.7 Å². The Morgan fingerprint density at radius 2 is 2.00 bits per heavy atom. The summed E-state index contributed by atoms with van der Waals surface area (Å²) in [5, 5.41) is 6.59. The zero-order chi connectivity index (χ0) is 19.8. The van der Waals surface area contributed by atoms with Crippen LogP contribution in [0.3, 0.4) is 0 Å². The Bertz CT molecular complexity index is 732. The number of aliphatic imine (C=N–C) groups is 1. The molecule has 0 unspecified atom stereocenters. The van der Waals surface area contributed by atoms with Gasteiger partial charge in [-0.25, -0.2) is 4.98 Å². The zero-order valence-electron chi connectivity index (χ0n) is 16.1. The molecule has 0 saturated heterocycles. The number of thiazole rings is 1. The lowest BCUT2D eigenvalue weighted by molar-refractivity contribution is -0.0498. The van der Waals surface area contributed by atoms with Crippen LogP contribution >= 0.6 is 11.3 Å². The van der Waals surface area contributed by atoms with Gasteiger partial charge in [0.1, 0.15) is 5.75 Å². The molecule has 2 rings (SSSR count). The van der Waals surface area contributed by atoms with E-state index in [0.29, 0.717) is 12.5 Å². The van der Waals surface area contributed by atoms with Crippen LogP contribution in [0.2, 0.25) is 0 Å². The van der Waals surface area contributed by atoms with E-state index in [9.17, 15) is 8.78 Å². The van der Waals surface area contributed by atoms with Gasteiger partial charge in [-0.3, -0.25) is 4.99 Å². The van der Waals surface area contributed by atoms with E-state index >= 15 is 0 Å². The fourth-order valence-electron chi connectivity index (χ4n) is 2.51. The molecule has 1 heterocycles. The topological polar surface area (TPSA) is 49.8 Å². The summed E-state index contributed by atoms with van der Waals surface area (Å²) in [4.78, 5) is 10.9. The molecule has 0 radical (unpaired) electrons. The van der Waals surface area contributed by atoms with E-state index in [1.807, 2.05) is 11.9 Å². The van der Waals surface area contributed by atoms with Crippen molar-refractivity contribution in [1.82, 2.24) is 15.2 Å². The molecule has 0 fully saturated rings. The van der Waals surface area contributed by atoms with Gasteiger partial charge in [0, 0.05) is 44.9 Å². The van der Waals surface area contributed by atoms with E-state index in [4.69, 9.17) is 0 Å². The van der Waals surface area contributed by atoms with Crippen LogP contribution in [0.5, 0.6) is 5.75 Å². The molecule has 1 aromatic heterocycles. The number of alkyl halides is 2. The fraction of sp³-hybridized carbons (Fsp3) is 0.474. The Kier molecular flexibility index (Phi) is 7.97. The van der Waals surface area contributed by atoms with Crippen molar-refractivity contribution in [2.75, 3.05) is 20.6 Å². The second-order valence-electron chi connectivity index (χ2n) is 6.43. The van der Waals surface area contributed by atoms with E-state index < -0.39 is 6.61 Å². The molecule has 1 N–H and O–H groups in total. The lowest BCUT2D eigenvalue weighted by atomic mass is 10.2. The van der Waals surface area contributed by atoms with Gasteiger partial charge < -0.3 is 15.0 Å². The predicted molar refractivity (Wildman–Crippen MR) is 106 cm³/mol. The van der Waals surface area contributed by atoms with Gasteiger partial charge in [-0.15, -0.1) is 11.3 Å². The predicted octanol–water partition coefficient (Wildman–Crippen LogP) is 4.12. The SMILES string of the molecule is CN=C(NCCc1csc(C(C)C)n1)N(C)Cc1ccc(OC(F)F)cc1. The smallest absolute Gasteiger partial charge is 0.387 e. The number of aromatic nitrogens is 1. The van der Waals surface area contributed by atoms with Crippen molar-refractivity contribution in [1.29, 1.82) is 0 Å². The number of nitrogens with zero attached hydrogens (tertiary/aromatic N) is 3. The van der Waals surface area contributed by atoms with Gasteiger partial charge in [0.25, 0.3) is 0 Å². The van der Waals surface area contributed by atoms with E-state index in [1.54, 1.807) is 42.6 Å². The molecule has 0 bridgehead atoms. The van der Waals surface area contributed by atoms with Crippen LogP contribution in [0.25, 0.3) is 0 Å². The number of nitrogens with one attached hydrogen (secondary N) is 1. The standard InChI is InChI=1S/C19H26F2N4OS/c1-13(2)17-24-15(12-27-17)9-10-23-19(22-3)25(4)11-14-5-7-16(8-6-14)26-18(20)21/h5-8,12-13,18H,9-11H2,1-4H3,(H,22,23). The van der Waals surface area contributed by atoms with Gasteiger partial charge in [-0.2, -0.15) is 8.78 Å². The minimum atomic E-state index is -2.81. The molecular weight excluding hydrogens is 370 g/mol. The molecule has 0 saturated carbocycles. The summed E-state index contributed by atoms with van der Waals surface area (Å²) >= 11 is 1.70. The van der Waals surface area contributed by atoms with Crippen molar-refractivity contribution >= 4 is 17.3 Å². The molecule has 0 aliphatic heterocycles. The Morgan fingerprint density at radius 1 is 1.30 bits per heavy atom. The van der Waals surface area contributed by atoms with Crippen molar-refractivity contribution < 1.29 is 13.5 Å². The maximum atomic E-state index is 12.2. The monoisotopic (exact) mass is 396 g/mol. The van der Waals surface area contributed by atoms with Gasteiger partial charge in [0.15, 0.2) is 5.96 Å².